The van der Waals surface area contributed by atoms with Crippen molar-refractivity contribution in [2.75, 3.05) is 19.8 Å². The van der Waals surface area contributed by atoms with Gasteiger partial charge in [-0.15, -0.1) is 13.2 Å². The Hall–Kier alpha value is -3.02. The van der Waals surface area contributed by atoms with Gasteiger partial charge in [0.05, 0.1) is 36.6 Å². The minimum atomic E-state index is -1.29. The van der Waals surface area contributed by atoms with Crippen LogP contribution in [0.2, 0.25) is 0 Å². The second-order valence-electron chi connectivity index (χ2n) is 14.3. The van der Waals surface area contributed by atoms with Crippen molar-refractivity contribution < 1.29 is 33.8 Å². The monoisotopic (exact) mass is 715 g/mol. The van der Waals surface area contributed by atoms with E-state index in [1.165, 1.54) is 4.90 Å². The minimum Gasteiger partial charge on any atom is -0.463 e. The summed E-state index contributed by atoms with van der Waals surface area (Å²) in [4.78, 5) is 59.0. The number of rotatable bonds is 15. The molecule has 1 spiro atoms. The molecular formula is C36H50BrN3O7. The van der Waals surface area contributed by atoms with Crippen molar-refractivity contribution in [1.82, 2.24) is 15.1 Å². The van der Waals surface area contributed by atoms with Gasteiger partial charge in [-0.2, -0.15) is 0 Å². The van der Waals surface area contributed by atoms with Gasteiger partial charge in [0, 0.05) is 23.3 Å². The number of alkyl halides is 1. The molecule has 1 aromatic rings. The predicted octanol–water partition coefficient (Wildman–Crippen LogP) is 4.32. The average Bonchev–Trinajstić information content (AvgIpc) is 3.62. The van der Waals surface area contributed by atoms with Crippen LogP contribution in [0.5, 0.6) is 0 Å². The van der Waals surface area contributed by atoms with Gasteiger partial charge in [0.1, 0.15) is 18.2 Å². The Labute approximate surface area is 287 Å². The average molecular weight is 717 g/mol. The summed E-state index contributed by atoms with van der Waals surface area (Å²) in [6.45, 7) is 17.1. The van der Waals surface area contributed by atoms with E-state index in [4.69, 9.17) is 9.47 Å². The van der Waals surface area contributed by atoms with Crippen molar-refractivity contribution in [3.8, 4) is 0 Å². The Kier molecular flexibility index (Phi) is 11.8. The highest BCUT2D eigenvalue weighted by atomic mass is 79.9. The van der Waals surface area contributed by atoms with Crippen molar-refractivity contribution in [3.63, 3.8) is 0 Å². The van der Waals surface area contributed by atoms with E-state index in [9.17, 15) is 24.3 Å². The number of amides is 3. The van der Waals surface area contributed by atoms with Crippen LogP contribution in [0, 0.1) is 17.8 Å². The van der Waals surface area contributed by atoms with Crippen molar-refractivity contribution >= 4 is 39.6 Å². The molecule has 0 radical (unpaired) electrons. The van der Waals surface area contributed by atoms with Gasteiger partial charge in [0.15, 0.2) is 0 Å². The van der Waals surface area contributed by atoms with Gasteiger partial charge in [0.2, 0.25) is 17.7 Å². The molecule has 2 bridgehead atoms. The molecule has 47 heavy (non-hydrogen) atoms. The maximum absolute atomic E-state index is 14.7. The largest absolute Gasteiger partial charge is 0.463 e. The molecule has 0 saturated carbocycles. The first kappa shape index (κ1) is 36.8. The number of allylic oxidation sites excluding steroid dienone is 1. The van der Waals surface area contributed by atoms with Crippen LogP contribution in [0.4, 0.5) is 0 Å². The third kappa shape index (κ3) is 7.37. The molecule has 0 aromatic heterocycles. The van der Waals surface area contributed by atoms with Crippen LogP contribution >= 0.6 is 15.9 Å². The fourth-order valence-corrected chi connectivity index (χ4v) is 8.42. The Morgan fingerprint density at radius 3 is 2.47 bits per heavy atom. The molecule has 3 saturated heterocycles. The van der Waals surface area contributed by atoms with E-state index in [0.29, 0.717) is 19.3 Å². The summed E-state index contributed by atoms with van der Waals surface area (Å²) in [5, 5.41) is 13.7. The Morgan fingerprint density at radius 2 is 1.89 bits per heavy atom. The van der Waals surface area contributed by atoms with Gasteiger partial charge in [-0.25, -0.2) is 0 Å². The van der Waals surface area contributed by atoms with Crippen molar-refractivity contribution in [3.05, 3.63) is 61.2 Å². The lowest BCUT2D eigenvalue weighted by molar-refractivity contribution is -0.154. The summed E-state index contributed by atoms with van der Waals surface area (Å²) >= 11 is 3.74. The van der Waals surface area contributed by atoms with E-state index in [0.717, 1.165) is 5.56 Å². The summed E-state index contributed by atoms with van der Waals surface area (Å²) in [6, 6.07) is 6.82. The lowest BCUT2D eigenvalue weighted by Crippen LogP contribution is -2.62. The third-order valence-electron chi connectivity index (χ3n) is 9.48. The summed E-state index contributed by atoms with van der Waals surface area (Å²) in [5.41, 5.74) is -1.15. The van der Waals surface area contributed by atoms with Gasteiger partial charge in [-0.05, 0) is 51.5 Å². The van der Waals surface area contributed by atoms with Crippen LogP contribution in [-0.2, 0) is 28.7 Å². The minimum absolute atomic E-state index is 0.0955. The molecule has 4 rings (SSSR count). The highest BCUT2D eigenvalue weighted by molar-refractivity contribution is 9.09. The number of aliphatic hydroxyl groups is 1. The van der Waals surface area contributed by atoms with E-state index < -0.39 is 59.1 Å². The maximum atomic E-state index is 14.7. The number of carbonyl (C=O) groups excluding carboxylic acids is 4. The Balaban J connectivity index is 1.73. The second-order valence-corrected chi connectivity index (χ2v) is 15.4. The molecule has 1 unspecified atom stereocenters. The zero-order chi connectivity index (χ0) is 34.7. The second kappa shape index (κ2) is 15.0. The summed E-state index contributed by atoms with van der Waals surface area (Å²) in [6.07, 6.45) is 4.08. The number of aliphatic hydroxyl groups excluding tert-OH is 1. The first-order chi connectivity index (χ1) is 22.2. The number of hydrogen-bond donors (Lipinski definition) is 2. The van der Waals surface area contributed by atoms with E-state index in [1.807, 2.05) is 65.0 Å². The molecule has 3 amide bonds. The zero-order valence-corrected chi connectivity index (χ0v) is 29.8. The van der Waals surface area contributed by atoms with Gasteiger partial charge < -0.3 is 29.7 Å². The van der Waals surface area contributed by atoms with E-state index >= 15 is 0 Å². The molecule has 258 valence electrons. The normalized spacial score (nSPS) is 27.7. The zero-order valence-electron chi connectivity index (χ0n) is 28.2. The van der Waals surface area contributed by atoms with Gasteiger partial charge in [-0.3, -0.25) is 19.2 Å². The molecule has 3 fully saturated rings. The third-order valence-corrected chi connectivity index (χ3v) is 10.3. The lowest BCUT2D eigenvalue weighted by Gasteiger charge is -2.43. The number of halogens is 1. The number of esters is 1. The fourth-order valence-electron chi connectivity index (χ4n) is 7.47. The molecule has 3 heterocycles. The standard InChI is InChI=1S/C36H50BrN3O7/c1-8-10-16-27(42)46-21-26(23-14-12-11-13-15-23)38-32(43)28-29-33(44)40(24(20-41)18-22(3)4)31(36(29)19-25(37)30(28)47-36)34(45)39(17-9-2)35(5,6)7/h8-9,11-15,22,24-26,28-31,41H,1-2,10,16-21H2,3-7H3,(H,38,43)/t24-,25?,26-,28-,29+,30-,31-,36+/m1/s1. The first-order valence-corrected chi connectivity index (χ1v) is 17.4. The van der Waals surface area contributed by atoms with Crippen LogP contribution in [0.3, 0.4) is 0 Å². The Morgan fingerprint density at radius 1 is 1.21 bits per heavy atom. The summed E-state index contributed by atoms with van der Waals surface area (Å²) < 4.78 is 12.3. The summed E-state index contributed by atoms with van der Waals surface area (Å²) in [7, 11) is 0. The number of nitrogens with one attached hydrogen (secondary N) is 1. The van der Waals surface area contributed by atoms with Crippen LogP contribution in [0.1, 0.15) is 71.9 Å². The van der Waals surface area contributed by atoms with E-state index in [2.05, 4.69) is 34.4 Å². The van der Waals surface area contributed by atoms with Crippen molar-refractivity contribution in [2.45, 2.75) is 100 Å². The molecule has 11 heteroatoms. The first-order valence-electron chi connectivity index (χ1n) is 16.5. The van der Waals surface area contributed by atoms with Gasteiger partial charge in [-0.1, -0.05) is 72.3 Å². The number of benzene rings is 1. The highest BCUT2D eigenvalue weighted by Crippen LogP contribution is 2.61. The topological polar surface area (TPSA) is 125 Å². The molecular weight excluding hydrogens is 666 g/mol. The lowest BCUT2D eigenvalue weighted by atomic mass is 9.70. The maximum Gasteiger partial charge on any atom is 0.306 e. The number of carbonyl (C=O) groups is 4. The molecule has 3 aliphatic heterocycles. The van der Waals surface area contributed by atoms with Crippen LogP contribution < -0.4 is 5.32 Å². The highest BCUT2D eigenvalue weighted by Gasteiger charge is 2.77. The van der Waals surface area contributed by atoms with E-state index in [1.54, 1.807) is 17.1 Å². The molecule has 10 nitrogen and oxygen atoms in total. The number of likely N-dealkylation sites (tertiary alicyclic amines) is 1. The SMILES string of the molecule is C=CCCC(=O)OC[C@@H](NC(=O)[C@H]1[C@@H]2O[C@@]3(CC2Br)[C@@H]1C(=O)N([C@@H](CO)CC(C)C)[C@@H]3C(=O)N(CC=C)C(C)(C)C)c1ccccc1. The smallest absolute Gasteiger partial charge is 0.306 e. The van der Waals surface area contributed by atoms with E-state index in [-0.39, 0.29) is 48.7 Å². The van der Waals surface area contributed by atoms with Gasteiger partial charge in [0.25, 0.3) is 0 Å². The van der Waals surface area contributed by atoms with Gasteiger partial charge >= 0.3 is 5.97 Å². The quantitative estimate of drug-likeness (QED) is 0.157. The molecule has 2 N–H and O–H groups in total. The molecule has 1 aromatic carbocycles. The summed E-state index contributed by atoms with van der Waals surface area (Å²) in [5.74, 6) is -3.25. The molecule has 0 aliphatic carbocycles. The molecule has 8 atom stereocenters. The van der Waals surface area contributed by atoms with Crippen molar-refractivity contribution in [1.29, 1.82) is 0 Å². The number of nitrogens with zero attached hydrogens (tertiary/aromatic N) is 2. The van der Waals surface area contributed by atoms with Crippen LogP contribution in [0.25, 0.3) is 0 Å². The fraction of sp³-hybridized carbons (Fsp3) is 0.611. The molecule has 3 aliphatic rings. The predicted molar refractivity (Wildman–Crippen MR) is 182 cm³/mol. The van der Waals surface area contributed by atoms with Crippen LogP contribution in [0.15, 0.2) is 55.6 Å². The number of hydrogen-bond acceptors (Lipinski definition) is 7. The number of fused-ring (bicyclic) bond motifs is 1. The number of ether oxygens (including phenoxy) is 2. The Bertz CT molecular complexity index is 1330. The van der Waals surface area contributed by atoms with Crippen LogP contribution in [-0.4, -0.2) is 92.5 Å². The van der Waals surface area contributed by atoms with Crippen molar-refractivity contribution in [2.24, 2.45) is 17.8 Å².